The van der Waals surface area contributed by atoms with Crippen molar-refractivity contribution in [1.29, 1.82) is 0 Å². The van der Waals surface area contributed by atoms with Crippen molar-refractivity contribution in [3.05, 3.63) is 364 Å². The molecule has 0 fully saturated rings. The zero-order chi connectivity index (χ0) is 60.3. The fourth-order valence-corrected chi connectivity index (χ4v) is 18.1. The molecule has 5 heteroatoms. The summed E-state index contributed by atoms with van der Waals surface area (Å²) in [6, 6.07) is 110. The minimum atomic E-state index is 0.204. The van der Waals surface area contributed by atoms with Crippen molar-refractivity contribution in [2.75, 3.05) is 0 Å². The van der Waals surface area contributed by atoms with Crippen LogP contribution in [-0.4, -0.2) is 13.7 Å². The molecule has 5 aromatic heterocycles. The summed E-state index contributed by atoms with van der Waals surface area (Å²) in [4.78, 5) is 0. The molecule has 0 amide bonds. The molecule has 0 saturated heterocycles. The van der Waals surface area contributed by atoms with Crippen LogP contribution in [0.5, 0.6) is 0 Å². The first kappa shape index (κ1) is 49.9. The minimum absolute atomic E-state index is 0.204. The Bertz CT molecular complexity index is 6400. The van der Waals surface area contributed by atoms with E-state index in [2.05, 4.69) is 287 Å². The summed E-state index contributed by atoms with van der Waals surface area (Å²) >= 11 is 0. The van der Waals surface area contributed by atoms with Gasteiger partial charge < -0.3 is 22.5 Å². The Morgan fingerprint density at radius 3 is 0.914 bits per heavy atom. The summed E-state index contributed by atoms with van der Waals surface area (Å²) in [6.07, 6.45) is 0. The van der Waals surface area contributed by atoms with Gasteiger partial charge in [-0.25, -0.2) is 0 Å². The van der Waals surface area contributed by atoms with Gasteiger partial charge in [0.2, 0.25) is 0 Å². The molecule has 0 spiro atoms. The van der Waals surface area contributed by atoms with Gasteiger partial charge in [-0.05, 0) is 164 Å². The molecule has 14 aromatic carbocycles. The van der Waals surface area contributed by atoms with Gasteiger partial charge in [0.25, 0.3) is 0 Å². The topological polar surface area (TPSA) is 41.1 Å². The van der Waals surface area contributed by atoms with Crippen LogP contribution < -0.4 is 0 Å². The summed E-state index contributed by atoms with van der Waals surface area (Å²) in [5.41, 5.74) is 32.0. The molecule has 5 heterocycles. The van der Waals surface area contributed by atoms with Crippen LogP contribution in [0.25, 0.3) is 126 Å². The van der Waals surface area contributed by atoms with E-state index in [4.69, 9.17) is 8.83 Å². The summed E-state index contributed by atoms with van der Waals surface area (Å²) in [5.74, 6) is 0.953. The van der Waals surface area contributed by atoms with Crippen molar-refractivity contribution in [3.8, 4) is 17.1 Å². The third kappa shape index (κ3) is 6.59. The minimum Gasteiger partial charge on any atom is -0.456 e. The molecular weight excluding hydrogens is 1130 g/mol. The number of aromatic nitrogens is 3. The van der Waals surface area contributed by atoms with Crippen molar-refractivity contribution in [2.24, 2.45) is 0 Å². The van der Waals surface area contributed by atoms with Gasteiger partial charge in [-0.15, -0.1) is 0 Å². The van der Waals surface area contributed by atoms with Crippen LogP contribution in [0.1, 0.15) is 90.4 Å². The highest BCUT2D eigenvalue weighted by atomic mass is 16.3. The van der Waals surface area contributed by atoms with Gasteiger partial charge in [0.1, 0.15) is 22.3 Å². The highest BCUT2D eigenvalue weighted by Gasteiger charge is 2.44. The van der Waals surface area contributed by atoms with Gasteiger partial charge in [-0.3, -0.25) is 0 Å². The average Bonchev–Trinajstić information content (AvgIpc) is 1.68. The number of rotatable bonds is 3. The molecule has 5 nitrogen and oxygen atoms in total. The van der Waals surface area contributed by atoms with Gasteiger partial charge in [0, 0.05) is 94.6 Å². The summed E-state index contributed by atoms with van der Waals surface area (Å²) in [6.45, 7) is 0. The molecule has 0 saturated carbocycles. The zero-order valence-corrected chi connectivity index (χ0v) is 50.3. The second kappa shape index (κ2) is 18.4. The smallest absolute Gasteiger partial charge is 0.135 e. The molecule has 0 radical (unpaired) electrons. The SMILES string of the molecule is c1ccc2c(c1)C1c3ccccc3C2c2c1ccc1c2c2ccccc2n1-c1ccc2c(c1)c1ccccc1n2-c1ccc2oc3ccccc3c2c1.c1ccc2c(c1)C1c3ccccc3C2c2c1ccc1c2c2ccccc2n1-c1ccc2oc3ccccc3c2c1. The molecule has 4 bridgehead atoms. The lowest BCUT2D eigenvalue weighted by Crippen LogP contribution is -2.27. The molecule has 6 aliphatic carbocycles. The second-order valence-corrected chi connectivity index (χ2v) is 26.0. The van der Waals surface area contributed by atoms with Gasteiger partial charge >= 0.3 is 0 Å². The Labute approximate surface area is 533 Å². The molecular formula is C88H53N3O2. The van der Waals surface area contributed by atoms with E-state index in [1.165, 1.54) is 138 Å². The summed E-state index contributed by atoms with van der Waals surface area (Å²) < 4.78 is 19.7. The quantitative estimate of drug-likeness (QED) is 0.177. The molecule has 93 heavy (non-hydrogen) atoms. The average molecular weight is 1180 g/mol. The van der Waals surface area contributed by atoms with E-state index < -0.39 is 0 Å². The van der Waals surface area contributed by atoms with Crippen molar-refractivity contribution in [1.82, 2.24) is 13.7 Å². The third-order valence-corrected chi connectivity index (χ3v) is 21.6. The molecule has 19 aromatic rings. The highest BCUT2D eigenvalue weighted by molar-refractivity contribution is 6.16. The van der Waals surface area contributed by atoms with Crippen molar-refractivity contribution in [2.45, 2.75) is 23.7 Å². The number of hydrogen-bond acceptors (Lipinski definition) is 2. The normalized spacial score (nSPS) is 16.4. The van der Waals surface area contributed by atoms with Gasteiger partial charge in [-0.1, -0.05) is 200 Å². The fourth-order valence-electron chi connectivity index (χ4n) is 18.1. The van der Waals surface area contributed by atoms with E-state index in [-0.39, 0.29) is 23.7 Å². The highest BCUT2D eigenvalue weighted by Crippen LogP contribution is 2.60. The van der Waals surface area contributed by atoms with Crippen LogP contribution in [0.3, 0.4) is 0 Å². The number of para-hydroxylation sites is 5. The first-order valence-corrected chi connectivity index (χ1v) is 32.5. The Kier molecular flexibility index (Phi) is 9.86. The molecule has 0 N–H and O–H groups in total. The van der Waals surface area contributed by atoms with Crippen LogP contribution in [0.15, 0.2) is 306 Å². The molecule has 25 rings (SSSR count). The summed E-state index contributed by atoms with van der Waals surface area (Å²) in [7, 11) is 0. The molecule has 0 aliphatic heterocycles. The van der Waals surface area contributed by atoms with Crippen molar-refractivity contribution in [3.63, 3.8) is 0 Å². The molecule has 0 atom stereocenters. The maximum Gasteiger partial charge on any atom is 0.135 e. The maximum absolute atomic E-state index is 6.20. The van der Waals surface area contributed by atoms with E-state index in [1.54, 1.807) is 0 Å². The van der Waals surface area contributed by atoms with Crippen LogP contribution in [0.2, 0.25) is 0 Å². The van der Waals surface area contributed by atoms with Gasteiger partial charge in [0.05, 0.1) is 33.1 Å². The van der Waals surface area contributed by atoms with Crippen LogP contribution in [-0.2, 0) is 0 Å². The number of nitrogens with zero attached hydrogens (tertiary/aromatic N) is 3. The third-order valence-electron chi connectivity index (χ3n) is 21.6. The van der Waals surface area contributed by atoms with E-state index >= 15 is 0 Å². The Morgan fingerprint density at radius 2 is 0.484 bits per heavy atom. The Balaban J connectivity index is 0.000000126. The first-order chi connectivity index (χ1) is 46.2. The maximum atomic E-state index is 6.20. The predicted molar refractivity (Wildman–Crippen MR) is 380 cm³/mol. The van der Waals surface area contributed by atoms with Crippen molar-refractivity contribution < 1.29 is 8.83 Å². The van der Waals surface area contributed by atoms with Crippen LogP contribution in [0, 0.1) is 0 Å². The second-order valence-electron chi connectivity index (χ2n) is 26.0. The van der Waals surface area contributed by atoms with E-state index in [0.29, 0.717) is 0 Å². The van der Waals surface area contributed by atoms with Crippen LogP contribution >= 0.6 is 0 Å². The van der Waals surface area contributed by atoms with E-state index in [1.807, 2.05) is 24.3 Å². The number of hydrogen-bond donors (Lipinski definition) is 0. The standard InChI is InChI=1S/C50H30N2O.C38H23NO/c1-3-15-35-33(13-1)47-34-14-2-4-16-36(34)48(35)50-38(47)23-25-44-49(50)37-17-6-9-19-42(37)52(44)29-21-24-43-39(27-29)31-11-5-8-18-41(31)51(43)30-22-26-46-40(28-30)32-12-7-10-20-45(32)53-46;1-3-12-26-24(10-1)35-25-11-2-4-13-27(25)36(26)38-29(35)18-19-32-37(38)28-14-5-7-15-31(28)39(32)22-17-20-34-30(21-22)23-9-6-8-16-33(23)40-34/h1-28,47-48H;1-21,35-36H. The molecule has 6 aliphatic rings. The molecule has 432 valence electrons. The number of furan rings is 2. The predicted octanol–water partition coefficient (Wildman–Crippen LogP) is 22.4. The number of benzene rings is 14. The van der Waals surface area contributed by atoms with Crippen LogP contribution in [0.4, 0.5) is 0 Å². The lowest BCUT2D eigenvalue weighted by molar-refractivity contribution is 0.668. The number of fused-ring (bicyclic) bond motifs is 15. The van der Waals surface area contributed by atoms with Crippen molar-refractivity contribution >= 4 is 109 Å². The lowest BCUT2D eigenvalue weighted by Gasteiger charge is -2.42. The zero-order valence-electron chi connectivity index (χ0n) is 50.3. The summed E-state index contributed by atoms with van der Waals surface area (Å²) in [5, 5.41) is 12.4. The largest absolute Gasteiger partial charge is 0.456 e. The van der Waals surface area contributed by atoms with Gasteiger partial charge in [-0.2, -0.15) is 0 Å². The fraction of sp³-hybridized carbons (Fsp3) is 0.0455. The Morgan fingerprint density at radius 1 is 0.194 bits per heavy atom. The Hall–Kier alpha value is -11.9. The van der Waals surface area contributed by atoms with Gasteiger partial charge in [0.15, 0.2) is 0 Å². The monoisotopic (exact) mass is 1180 g/mol. The lowest BCUT2D eigenvalue weighted by atomic mass is 9.60. The molecule has 0 unspecified atom stereocenters. The first-order valence-electron chi connectivity index (χ1n) is 32.5. The van der Waals surface area contributed by atoms with E-state index in [9.17, 15) is 0 Å². The van der Waals surface area contributed by atoms with E-state index in [0.717, 1.165) is 55.3 Å².